The maximum absolute atomic E-state index is 11.2. The minimum Gasteiger partial charge on any atom is -0.375 e. The molecule has 4 heteroatoms. The Morgan fingerprint density at radius 3 is 2.87 bits per heavy atom. The molecule has 3 nitrogen and oxygen atoms in total. The summed E-state index contributed by atoms with van der Waals surface area (Å²) in [6.07, 6.45) is 1.65. The molecule has 0 bridgehead atoms. The molecular formula is C11H13BrN2O. The number of carbonyl (C=O) groups excluding carboxylic acids is 1. The van der Waals surface area contributed by atoms with Crippen molar-refractivity contribution in [1.29, 1.82) is 0 Å². The van der Waals surface area contributed by atoms with E-state index < -0.39 is 0 Å². The molecule has 0 radical (unpaired) electrons. The molecule has 1 aromatic carbocycles. The smallest absolute Gasteiger partial charge is 0.239 e. The van der Waals surface area contributed by atoms with Gasteiger partial charge in [-0.2, -0.15) is 0 Å². The molecule has 80 valence electrons. The first kappa shape index (κ1) is 11.8. The van der Waals surface area contributed by atoms with Crippen LogP contribution in [0.4, 0.5) is 5.69 Å². The molecule has 0 fully saturated rings. The van der Waals surface area contributed by atoms with E-state index in [1.54, 1.807) is 6.08 Å². The lowest BCUT2D eigenvalue weighted by molar-refractivity contribution is -0.119. The maximum Gasteiger partial charge on any atom is 0.239 e. The molecule has 0 atom stereocenters. The summed E-state index contributed by atoms with van der Waals surface area (Å²) in [5.74, 6) is -0.0503. The van der Waals surface area contributed by atoms with E-state index in [2.05, 4.69) is 33.1 Å². The van der Waals surface area contributed by atoms with E-state index in [0.717, 1.165) is 10.2 Å². The van der Waals surface area contributed by atoms with Gasteiger partial charge in [0, 0.05) is 16.7 Å². The van der Waals surface area contributed by atoms with Crippen LogP contribution in [0.25, 0.3) is 0 Å². The summed E-state index contributed by atoms with van der Waals surface area (Å²) in [5, 5.41) is 5.72. The highest BCUT2D eigenvalue weighted by Gasteiger charge is 2.01. The highest BCUT2D eigenvalue weighted by atomic mass is 79.9. The number of hydrogen-bond acceptors (Lipinski definition) is 2. The van der Waals surface area contributed by atoms with Crippen LogP contribution >= 0.6 is 15.9 Å². The third-order valence-corrected chi connectivity index (χ3v) is 2.45. The summed E-state index contributed by atoms with van der Waals surface area (Å²) >= 11 is 3.39. The Hall–Kier alpha value is -1.29. The summed E-state index contributed by atoms with van der Waals surface area (Å²) in [7, 11) is 0. The van der Waals surface area contributed by atoms with E-state index in [1.165, 1.54) is 0 Å². The maximum atomic E-state index is 11.2. The van der Waals surface area contributed by atoms with E-state index >= 15 is 0 Å². The van der Waals surface area contributed by atoms with E-state index in [0.29, 0.717) is 6.54 Å². The Balaban J connectivity index is 2.40. The molecule has 0 saturated heterocycles. The Labute approximate surface area is 97.7 Å². The van der Waals surface area contributed by atoms with Crippen molar-refractivity contribution in [3.8, 4) is 0 Å². The summed E-state index contributed by atoms with van der Waals surface area (Å²) in [6, 6.07) is 7.66. The topological polar surface area (TPSA) is 41.1 Å². The average molecular weight is 269 g/mol. The first-order valence-corrected chi connectivity index (χ1v) is 5.39. The van der Waals surface area contributed by atoms with Crippen molar-refractivity contribution in [3.63, 3.8) is 0 Å². The summed E-state index contributed by atoms with van der Waals surface area (Å²) < 4.78 is 0.946. The summed E-state index contributed by atoms with van der Waals surface area (Å²) in [5.41, 5.74) is 0.909. The molecule has 0 unspecified atom stereocenters. The molecule has 0 saturated carbocycles. The molecule has 1 amide bonds. The molecule has 0 heterocycles. The van der Waals surface area contributed by atoms with Gasteiger partial charge in [0.25, 0.3) is 0 Å². The second-order valence-corrected chi connectivity index (χ2v) is 3.78. The molecule has 0 aromatic heterocycles. The van der Waals surface area contributed by atoms with Crippen molar-refractivity contribution in [2.75, 3.05) is 18.4 Å². The lowest BCUT2D eigenvalue weighted by Crippen LogP contribution is -2.29. The number of nitrogens with one attached hydrogen (secondary N) is 2. The quantitative estimate of drug-likeness (QED) is 0.804. The van der Waals surface area contributed by atoms with Crippen molar-refractivity contribution >= 4 is 27.5 Å². The minimum atomic E-state index is -0.0503. The Morgan fingerprint density at radius 1 is 1.47 bits per heavy atom. The summed E-state index contributed by atoms with van der Waals surface area (Å²) in [4.78, 5) is 11.2. The van der Waals surface area contributed by atoms with Gasteiger partial charge < -0.3 is 10.6 Å². The highest BCUT2D eigenvalue weighted by molar-refractivity contribution is 9.10. The highest BCUT2D eigenvalue weighted by Crippen LogP contribution is 2.20. The van der Waals surface area contributed by atoms with E-state index in [4.69, 9.17) is 0 Å². The minimum absolute atomic E-state index is 0.0503. The van der Waals surface area contributed by atoms with Gasteiger partial charge in [-0.15, -0.1) is 6.58 Å². The zero-order valence-electron chi connectivity index (χ0n) is 8.29. The van der Waals surface area contributed by atoms with Crippen LogP contribution < -0.4 is 10.6 Å². The number of halogens is 1. The molecule has 15 heavy (non-hydrogen) atoms. The fourth-order valence-corrected chi connectivity index (χ4v) is 1.45. The van der Waals surface area contributed by atoms with E-state index in [9.17, 15) is 4.79 Å². The fraction of sp³-hybridized carbons (Fsp3) is 0.182. The van der Waals surface area contributed by atoms with Gasteiger partial charge in [-0.05, 0) is 28.1 Å². The number of carbonyl (C=O) groups is 1. The molecule has 0 aliphatic heterocycles. The van der Waals surface area contributed by atoms with Crippen LogP contribution in [0, 0.1) is 0 Å². The number of hydrogen-bond donors (Lipinski definition) is 2. The van der Waals surface area contributed by atoms with Crippen molar-refractivity contribution in [1.82, 2.24) is 5.32 Å². The van der Waals surface area contributed by atoms with Gasteiger partial charge in [0.1, 0.15) is 0 Å². The third-order valence-electron chi connectivity index (χ3n) is 1.76. The second-order valence-electron chi connectivity index (χ2n) is 2.93. The van der Waals surface area contributed by atoms with Crippen LogP contribution in [0.1, 0.15) is 0 Å². The molecule has 0 aliphatic rings. The van der Waals surface area contributed by atoms with Gasteiger partial charge in [0.2, 0.25) is 5.91 Å². The van der Waals surface area contributed by atoms with Gasteiger partial charge >= 0.3 is 0 Å². The number of benzene rings is 1. The van der Waals surface area contributed by atoms with Crippen LogP contribution in [-0.4, -0.2) is 19.0 Å². The number of para-hydroxylation sites is 1. The molecule has 0 spiro atoms. The Kier molecular flexibility index (Phi) is 4.90. The van der Waals surface area contributed by atoms with Crippen LogP contribution in [0.2, 0.25) is 0 Å². The SMILES string of the molecule is C=CCNC(=O)CNc1ccccc1Br. The lowest BCUT2D eigenvalue weighted by atomic mass is 10.3. The third kappa shape index (κ3) is 4.16. The Morgan fingerprint density at radius 2 is 2.20 bits per heavy atom. The van der Waals surface area contributed by atoms with Crippen molar-refractivity contribution in [2.45, 2.75) is 0 Å². The molecule has 0 aliphatic carbocycles. The monoisotopic (exact) mass is 268 g/mol. The van der Waals surface area contributed by atoms with Gasteiger partial charge in [-0.3, -0.25) is 4.79 Å². The molecule has 1 rings (SSSR count). The average Bonchev–Trinajstić information content (AvgIpc) is 2.25. The van der Waals surface area contributed by atoms with Gasteiger partial charge in [0.15, 0.2) is 0 Å². The van der Waals surface area contributed by atoms with Gasteiger partial charge in [0.05, 0.1) is 6.54 Å². The van der Waals surface area contributed by atoms with Crippen molar-refractivity contribution in [2.24, 2.45) is 0 Å². The molecule has 1 aromatic rings. The first-order valence-electron chi connectivity index (χ1n) is 4.60. The number of anilines is 1. The Bertz CT molecular complexity index is 352. The largest absolute Gasteiger partial charge is 0.375 e. The predicted molar refractivity (Wildman–Crippen MR) is 65.8 cm³/mol. The predicted octanol–water partition coefficient (Wildman–Crippen LogP) is 2.16. The van der Waals surface area contributed by atoms with Gasteiger partial charge in [-0.1, -0.05) is 18.2 Å². The standard InChI is InChI=1S/C11H13BrN2O/c1-2-7-13-11(15)8-14-10-6-4-3-5-9(10)12/h2-6,14H,1,7-8H2,(H,13,15). The second kappa shape index (κ2) is 6.24. The molecular weight excluding hydrogens is 256 g/mol. The molecule has 2 N–H and O–H groups in total. The number of rotatable bonds is 5. The summed E-state index contributed by atoms with van der Waals surface area (Å²) in [6.45, 7) is 4.28. The zero-order valence-corrected chi connectivity index (χ0v) is 9.88. The van der Waals surface area contributed by atoms with E-state index in [1.807, 2.05) is 24.3 Å². The van der Waals surface area contributed by atoms with Crippen LogP contribution in [-0.2, 0) is 4.79 Å². The van der Waals surface area contributed by atoms with Crippen molar-refractivity contribution in [3.05, 3.63) is 41.4 Å². The van der Waals surface area contributed by atoms with Crippen LogP contribution in [0.5, 0.6) is 0 Å². The van der Waals surface area contributed by atoms with Crippen LogP contribution in [0.15, 0.2) is 41.4 Å². The normalized spacial score (nSPS) is 9.40. The zero-order chi connectivity index (χ0) is 11.1. The van der Waals surface area contributed by atoms with Crippen LogP contribution in [0.3, 0.4) is 0 Å². The van der Waals surface area contributed by atoms with Crippen molar-refractivity contribution < 1.29 is 4.79 Å². The van der Waals surface area contributed by atoms with E-state index in [-0.39, 0.29) is 12.5 Å². The lowest BCUT2D eigenvalue weighted by Gasteiger charge is -2.07. The fourth-order valence-electron chi connectivity index (χ4n) is 1.03. The first-order chi connectivity index (χ1) is 7.24. The van der Waals surface area contributed by atoms with Gasteiger partial charge in [-0.25, -0.2) is 0 Å². The number of amides is 1.